The summed E-state index contributed by atoms with van der Waals surface area (Å²) >= 11 is 1.85. The van der Waals surface area contributed by atoms with E-state index in [0.29, 0.717) is 0 Å². The van der Waals surface area contributed by atoms with Crippen LogP contribution in [0.2, 0.25) is 0 Å². The van der Waals surface area contributed by atoms with E-state index >= 15 is 0 Å². The standard InChI is InChI=1S/C12H19NOS/c1-9-8-12(10(2)7-11(9)13)14-5-4-6-15-3/h7-8H,4-6,13H2,1-3H3. The molecule has 0 aromatic heterocycles. The summed E-state index contributed by atoms with van der Waals surface area (Å²) in [7, 11) is 0. The van der Waals surface area contributed by atoms with E-state index in [0.717, 1.165) is 41.3 Å². The Morgan fingerprint density at radius 3 is 2.67 bits per heavy atom. The summed E-state index contributed by atoms with van der Waals surface area (Å²) in [5.74, 6) is 2.11. The third-order valence-corrected chi connectivity index (χ3v) is 3.01. The van der Waals surface area contributed by atoms with Crippen LogP contribution < -0.4 is 10.5 Å². The third-order valence-electron chi connectivity index (χ3n) is 2.31. The van der Waals surface area contributed by atoms with Gasteiger partial charge < -0.3 is 10.5 Å². The zero-order chi connectivity index (χ0) is 11.3. The van der Waals surface area contributed by atoms with Gasteiger partial charge in [0.15, 0.2) is 0 Å². The van der Waals surface area contributed by atoms with Crippen molar-refractivity contribution in [3.63, 3.8) is 0 Å². The molecule has 0 spiro atoms. The van der Waals surface area contributed by atoms with Crippen molar-refractivity contribution in [2.75, 3.05) is 24.3 Å². The summed E-state index contributed by atoms with van der Waals surface area (Å²) in [6.07, 6.45) is 3.20. The van der Waals surface area contributed by atoms with E-state index in [9.17, 15) is 0 Å². The van der Waals surface area contributed by atoms with Crippen molar-refractivity contribution >= 4 is 17.4 Å². The highest BCUT2D eigenvalue weighted by Gasteiger charge is 2.02. The van der Waals surface area contributed by atoms with E-state index in [1.54, 1.807) is 0 Å². The molecule has 3 heteroatoms. The van der Waals surface area contributed by atoms with Crippen molar-refractivity contribution in [1.82, 2.24) is 0 Å². The van der Waals surface area contributed by atoms with Crippen LogP contribution in [0.25, 0.3) is 0 Å². The predicted molar refractivity (Wildman–Crippen MR) is 68.8 cm³/mol. The monoisotopic (exact) mass is 225 g/mol. The number of nitrogens with two attached hydrogens (primary N) is 1. The van der Waals surface area contributed by atoms with Crippen LogP contribution in [0.15, 0.2) is 12.1 Å². The minimum Gasteiger partial charge on any atom is -0.493 e. The van der Waals surface area contributed by atoms with Gasteiger partial charge in [0.05, 0.1) is 6.61 Å². The van der Waals surface area contributed by atoms with Gasteiger partial charge in [-0.25, -0.2) is 0 Å². The lowest BCUT2D eigenvalue weighted by atomic mass is 10.1. The van der Waals surface area contributed by atoms with Crippen molar-refractivity contribution in [1.29, 1.82) is 0 Å². The fourth-order valence-electron chi connectivity index (χ4n) is 1.35. The van der Waals surface area contributed by atoms with Crippen LogP contribution in [0.1, 0.15) is 17.5 Å². The molecule has 0 atom stereocenters. The van der Waals surface area contributed by atoms with Gasteiger partial charge in [-0.2, -0.15) is 11.8 Å². The van der Waals surface area contributed by atoms with E-state index in [1.807, 2.05) is 37.7 Å². The molecule has 0 amide bonds. The second-order valence-corrected chi connectivity index (χ2v) is 4.65. The maximum atomic E-state index is 5.81. The molecule has 2 nitrogen and oxygen atoms in total. The molecule has 0 radical (unpaired) electrons. The van der Waals surface area contributed by atoms with Gasteiger partial charge in [0.1, 0.15) is 5.75 Å². The van der Waals surface area contributed by atoms with Crippen LogP contribution in [-0.4, -0.2) is 18.6 Å². The Morgan fingerprint density at radius 1 is 1.27 bits per heavy atom. The molecule has 1 aromatic rings. The van der Waals surface area contributed by atoms with Gasteiger partial charge in [-0.05, 0) is 55.5 Å². The smallest absolute Gasteiger partial charge is 0.122 e. The average Bonchev–Trinajstić information content (AvgIpc) is 2.20. The number of rotatable bonds is 5. The van der Waals surface area contributed by atoms with Crippen molar-refractivity contribution in [2.45, 2.75) is 20.3 Å². The number of hydrogen-bond donors (Lipinski definition) is 1. The minimum absolute atomic E-state index is 0.783. The number of anilines is 1. The summed E-state index contributed by atoms with van der Waals surface area (Å²) < 4.78 is 5.71. The molecule has 0 unspecified atom stereocenters. The average molecular weight is 225 g/mol. The van der Waals surface area contributed by atoms with Crippen LogP contribution in [0.4, 0.5) is 5.69 Å². The van der Waals surface area contributed by atoms with Crippen molar-refractivity contribution in [3.8, 4) is 5.75 Å². The highest BCUT2D eigenvalue weighted by molar-refractivity contribution is 7.98. The normalized spacial score (nSPS) is 10.3. The Kier molecular flexibility index (Phi) is 4.82. The minimum atomic E-state index is 0.783. The molecule has 0 aliphatic rings. The topological polar surface area (TPSA) is 35.2 Å². The zero-order valence-corrected chi connectivity index (χ0v) is 10.5. The Hall–Kier alpha value is -0.830. The molecular weight excluding hydrogens is 206 g/mol. The second kappa shape index (κ2) is 5.91. The third kappa shape index (κ3) is 3.67. The quantitative estimate of drug-likeness (QED) is 0.618. The van der Waals surface area contributed by atoms with Crippen LogP contribution in [-0.2, 0) is 0 Å². The van der Waals surface area contributed by atoms with Gasteiger partial charge in [0.25, 0.3) is 0 Å². The first-order valence-electron chi connectivity index (χ1n) is 5.13. The van der Waals surface area contributed by atoms with Gasteiger partial charge in [-0.3, -0.25) is 0 Å². The van der Waals surface area contributed by atoms with Crippen LogP contribution >= 0.6 is 11.8 Å². The van der Waals surface area contributed by atoms with Gasteiger partial charge >= 0.3 is 0 Å². The Balaban J connectivity index is 2.57. The van der Waals surface area contributed by atoms with E-state index in [2.05, 4.69) is 6.26 Å². The summed E-state index contributed by atoms with van der Waals surface area (Å²) in [4.78, 5) is 0. The number of thioether (sulfide) groups is 1. The lowest BCUT2D eigenvalue weighted by Gasteiger charge is -2.11. The summed E-state index contributed by atoms with van der Waals surface area (Å²) in [5, 5.41) is 0. The van der Waals surface area contributed by atoms with E-state index in [4.69, 9.17) is 10.5 Å². The predicted octanol–water partition coefficient (Wildman–Crippen LogP) is 3.02. The molecule has 0 aliphatic heterocycles. The molecule has 0 bridgehead atoms. The zero-order valence-electron chi connectivity index (χ0n) is 9.67. The van der Waals surface area contributed by atoms with E-state index in [1.165, 1.54) is 0 Å². The Morgan fingerprint density at radius 2 is 2.00 bits per heavy atom. The Labute approximate surface area is 96.2 Å². The molecule has 15 heavy (non-hydrogen) atoms. The highest BCUT2D eigenvalue weighted by atomic mass is 32.2. The van der Waals surface area contributed by atoms with E-state index in [-0.39, 0.29) is 0 Å². The first-order valence-corrected chi connectivity index (χ1v) is 6.53. The lowest BCUT2D eigenvalue weighted by molar-refractivity contribution is 0.316. The molecular formula is C12H19NOS. The molecule has 0 aliphatic carbocycles. The number of aryl methyl sites for hydroxylation is 2. The first-order chi connectivity index (χ1) is 7.15. The number of nitrogen functional groups attached to an aromatic ring is 1. The van der Waals surface area contributed by atoms with Crippen molar-refractivity contribution < 1.29 is 4.74 Å². The molecule has 0 saturated heterocycles. The largest absolute Gasteiger partial charge is 0.493 e. The van der Waals surface area contributed by atoms with Gasteiger partial charge in [0.2, 0.25) is 0 Å². The summed E-state index contributed by atoms with van der Waals surface area (Å²) in [6, 6.07) is 3.99. The maximum Gasteiger partial charge on any atom is 0.122 e. The van der Waals surface area contributed by atoms with Gasteiger partial charge in [-0.15, -0.1) is 0 Å². The maximum absolute atomic E-state index is 5.81. The highest BCUT2D eigenvalue weighted by Crippen LogP contribution is 2.24. The molecule has 0 saturated carbocycles. The molecule has 1 aromatic carbocycles. The number of ether oxygens (including phenoxy) is 1. The molecule has 0 heterocycles. The summed E-state index contributed by atoms with van der Waals surface area (Å²) in [6.45, 7) is 4.81. The Bertz CT molecular complexity index is 326. The van der Waals surface area contributed by atoms with Crippen LogP contribution in [0, 0.1) is 13.8 Å². The van der Waals surface area contributed by atoms with Crippen molar-refractivity contribution in [2.24, 2.45) is 0 Å². The van der Waals surface area contributed by atoms with Crippen LogP contribution in [0.5, 0.6) is 5.75 Å². The lowest BCUT2D eigenvalue weighted by Crippen LogP contribution is -2.01. The molecule has 2 N–H and O–H groups in total. The van der Waals surface area contributed by atoms with Crippen molar-refractivity contribution in [3.05, 3.63) is 23.3 Å². The summed E-state index contributed by atoms with van der Waals surface area (Å²) in [5.41, 5.74) is 8.84. The van der Waals surface area contributed by atoms with Gasteiger partial charge in [-0.1, -0.05) is 0 Å². The molecule has 1 rings (SSSR count). The van der Waals surface area contributed by atoms with E-state index < -0.39 is 0 Å². The molecule has 84 valence electrons. The second-order valence-electron chi connectivity index (χ2n) is 3.67. The van der Waals surface area contributed by atoms with Gasteiger partial charge in [0, 0.05) is 5.69 Å². The molecule has 0 fully saturated rings. The van der Waals surface area contributed by atoms with Crippen LogP contribution in [0.3, 0.4) is 0 Å². The number of hydrogen-bond acceptors (Lipinski definition) is 3. The first kappa shape index (κ1) is 12.2. The SMILES string of the molecule is CSCCCOc1cc(C)c(N)cc1C. The fraction of sp³-hybridized carbons (Fsp3) is 0.500. The number of benzene rings is 1. The fourth-order valence-corrected chi connectivity index (χ4v) is 1.76.